The summed E-state index contributed by atoms with van der Waals surface area (Å²) in [6.07, 6.45) is 1.91. The normalized spacial score (nSPS) is 21.5. The maximum Gasteiger partial charge on any atom is 0.271 e. The van der Waals surface area contributed by atoms with Crippen LogP contribution < -0.4 is 14.8 Å². The predicted molar refractivity (Wildman–Crippen MR) is 139 cm³/mol. The van der Waals surface area contributed by atoms with Crippen LogP contribution in [-0.2, 0) is 22.6 Å². The molecule has 2 aliphatic heterocycles. The van der Waals surface area contributed by atoms with E-state index >= 15 is 0 Å². The van der Waals surface area contributed by atoms with Crippen molar-refractivity contribution in [3.05, 3.63) is 58.2 Å². The lowest BCUT2D eigenvalue weighted by molar-refractivity contribution is -0.133. The quantitative estimate of drug-likeness (QED) is 0.474. The molecule has 0 unspecified atom stereocenters. The Balaban J connectivity index is 1.56. The van der Waals surface area contributed by atoms with Gasteiger partial charge in [0.1, 0.15) is 22.7 Å². The molecule has 0 saturated carbocycles. The van der Waals surface area contributed by atoms with Gasteiger partial charge in [0.05, 0.1) is 38.9 Å². The Morgan fingerprint density at radius 3 is 2.75 bits per heavy atom. The molecule has 3 heterocycles. The molecule has 9 heteroatoms. The van der Waals surface area contributed by atoms with E-state index in [1.165, 1.54) is 0 Å². The molecule has 5 rings (SSSR count). The number of methoxy groups -OCH3 is 2. The molecule has 1 fully saturated rings. The first kappa shape index (κ1) is 24.6. The molecule has 3 aromatic rings. The van der Waals surface area contributed by atoms with Crippen molar-refractivity contribution >= 4 is 38.6 Å². The summed E-state index contributed by atoms with van der Waals surface area (Å²) >= 11 is 3.52. The van der Waals surface area contributed by atoms with Gasteiger partial charge in [-0.1, -0.05) is 15.9 Å². The summed E-state index contributed by atoms with van der Waals surface area (Å²) in [5, 5.41) is 3.99. The minimum Gasteiger partial charge on any atom is -0.497 e. The van der Waals surface area contributed by atoms with Crippen molar-refractivity contribution in [3.63, 3.8) is 0 Å². The van der Waals surface area contributed by atoms with Gasteiger partial charge in [-0.3, -0.25) is 9.59 Å². The first-order chi connectivity index (χ1) is 17.3. The second-order valence-electron chi connectivity index (χ2n) is 9.51. The van der Waals surface area contributed by atoms with E-state index < -0.39 is 5.54 Å². The lowest BCUT2D eigenvalue weighted by Crippen LogP contribution is -2.64. The topological polar surface area (TPSA) is 82.0 Å². The fourth-order valence-corrected chi connectivity index (χ4v) is 5.56. The van der Waals surface area contributed by atoms with Gasteiger partial charge in [0.2, 0.25) is 5.91 Å². The van der Waals surface area contributed by atoms with Gasteiger partial charge in [-0.05, 0) is 56.2 Å². The SMILES string of the molecule is COc1ccc2cc3n(c2c1)C[C@@](C)(C(=O)NC[C@H]1CCCO1)N(Cc1cc(Br)ccc1OC)C3=O. The molecule has 36 heavy (non-hydrogen) atoms. The van der Waals surface area contributed by atoms with Gasteiger partial charge in [-0.25, -0.2) is 0 Å². The van der Waals surface area contributed by atoms with Crippen LogP contribution in [0.2, 0.25) is 0 Å². The molecule has 190 valence electrons. The Morgan fingerprint density at radius 1 is 1.19 bits per heavy atom. The van der Waals surface area contributed by atoms with E-state index in [0.29, 0.717) is 36.9 Å². The fourth-order valence-electron chi connectivity index (χ4n) is 5.15. The van der Waals surface area contributed by atoms with E-state index in [-0.39, 0.29) is 24.5 Å². The van der Waals surface area contributed by atoms with Crippen molar-refractivity contribution in [1.82, 2.24) is 14.8 Å². The summed E-state index contributed by atoms with van der Waals surface area (Å²) in [7, 11) is 3.21. The Hall–Kier alpha value is -3.04. The summed E-state index contributed by atoms with van der Waals surface area (Å²) in [5.41, 5.74) is 1.06. The highest BCUT2D eigenvalue weighted by atomic mass is 79.9. The van der Waals surface area contributed by atoms with E-state index in [4.69, 9.17) is 14.2 Å². The third kappa shape index (κ3) is 4.35. The minimum atomic E-state index is -1.15. The zero-order valence-electron chi connectivity index (χ0n) is 20.7. The van der Waals surface area contributed by atoms with Crippen LogP contribution >= 0.6 is 15.9 Å². The van der Waals surface area contributed by atoms with Crippen LogP contribution in [0.3, 0.4) is 0 Å². The Labute approximate surface area is 218 Å². The van der Waals surface area contributed by atoms with Crippen LogP contribution in [0.5, 0.6) is 11.5 Å². The zero-order valence-corrected chi connectivity index (χ0v) is 22.3. The van der Waals surface area contributed by atoms with Crippen LogP contribution in [0, 0.1) is 0 Å². The van der Waals surface area contributed by atoms with Crippen LogP contribution in [0.4, 0.5) is 0 Å². The first-order valence-corrected chi connectivity index (χ1v) is 12.8. The Kier molecular flexibility index (Phi) is 6.70. The molecule has 1 N–H and O–H groups in total. The molecule has 1 saturated heterocycles. The highest BCUT2D eigenvalue weighted by molar-refractivity contribution is 9.10. The average molecular weight is 556 g/mol. The van der Waals surface area contributed by atoms with Gasteiger partial charge < -0.3 is 29.0 Å². The average Bonchev–Trinajstić information content (AvgIpc) is 3.53. The number of nitrogens with one attached hydrogen (secondary N) is 1. The van der Waals surface area contributed by atoms with Gasteiger partial charge in [0.25, 0.3) is 5.91 Å². The lowest BCUT2D eigenvalue weighted by Gasteiger charge is -2.44. The molecule has 0 bridgehead atoms. The van der Waals surface area contributed by atoms with Crippen molar-refractivity contribution in [1.29, 1.82) is 0 Å². The number of carbonyl (C=O) groups is 2. The van der Waals surface area contributed by atoms with Crippen molar-refractivity contribution < 1.29 is 23.8 Å². The van der Waals surface area contributed by atoms with Crippen molar-refractivity contribution in [2.45, 2.75) is 44.5 Å². The molecule has 8 nitrogen and oxygen atoms in total. The maximum absolute atomic E-state index is 14.0. The molecule has 0 spiro atoms. The molecule has 0 aliphatic carbocycles. The van der Waals surface area contributed by atoms with Crippen molar-refractivity contribution in [2.75, 3.05) is 27.4 Å². The zero-order chi connectivity index (χ0) is 25.4. The Morgan fingerprint density at radius 2 is 2.03 bits per heavy atom. The first-order valence-electron chi connectivity index (χ1n) is 12.1. The molecular formula is C27H30BrN3O5. The third-order valence-electron chi connectivity index (χ3n) is 7.21. The van der Waals surface area contributed by atoms with E-state index in [2.05, 4.69) is 21.2 Å². The van der Waals surface area contributed by atoms with Crippen LogP contribution in [0.1, 0.15) is 35.8 Å². The number of hydrogen-bond donors (Lipinski definition) is 1. The summed E-state index contributed by atoms with van der Waals surface area (Å²) in [6.45, 7) is 3.49. The number of halogens is 1. The molecular weight excluding hydrogens is 526 g/mol. The number of ether oxygens (including phenoxy) is 3. The number of nitrogens with zero attached hydrogens (tertiary/aromatic N) is 2. The van der Waals surface area contributed by atoms with E-state index in [1.807, 2.05) is 54.0 Å². The van der Waals surface area contributed by atoms with Gasteiger partial charge >= 0.3 is 0 Å². The third-order valence-corrected chi connectivity index (χ3v) is 7.71. The predicted octanol–water partition coefficient (Wildman–Crippen LogP) is 4.13. The summed E-state index contributed by atoms with van der Waals surface area (Å²) in [5.74, 6) is 0.926. The molecule has 2 amide bonds. The standard InChI is InChI=1S/C27H30BrN3O5/c1-27(26(33)29-14-21-5-4-10-36-21)16-30-22-13-20(34-2)8-6-17(22)12-23(30)25(32)31(27)15-18-11-19(28)7-9-24(18)35-3/h6-9,11-13,21H,4-5,10,14-16H2,1-3H3,(H,29,33)/t21-,27+/m1/s1. The summed E-state index contributed by atoms with van der Waals surface area (Å²) in [4.78, 5) is 29.5. The second kappa shape index (κ2) is 9.78. The van der Waals surface area contributed by atoms with Crippen molar-refractivity contribution in [2.24, 2.45) is 0 Å². The number of aromatic nitrogens is 1. The Bertz CT molecular complexity index is 1320. The van der Waals surface area contributed by atoms with Crippen LogP contribution in [-0.4, -0.2) is 60.3 Å². The number of fused-ring (bicyclic) bond motifs is 3. The second-order valence-corrected chi connectivity index (χ2v) is 10.4. The minimum absolute atomic E-state index is 0.00250. The van der Waals surface area contributed by atoms with Gasteiger partial charge in [-0.2, -0.15) is 0 Å². The molecule has 1 aromatic heterocycles. The monoisotopic (exact) mass is 555 g/mol. The van der Waals surface area contributed by atoms with Gasteiger partial charge in [0.15, 0.2) is 0 Å². The lowest BCUT2D eigenvalue weighted by atomic mass is 9.93. The molecule has 2 atom stereocenters. The number of rotatable bonds is 7. The van der Waals surface area contributed by atoms with Crippen LogP contribution in [0.25, 0.3) is 10.9 Å². The highest BCUT2D eigenvalue weighted by Gasteiger charge is 2.48. The maximum atomic E-state index is 14.0. The molecule has 2 aliphatic rings. The smallest absolute Gasteiger partial charge is 0.271 e. The van der Waals surface area contributed by atoms with Crippen LogP contribution in [0.15, 0.2) is 46.9 Å². The molecule has 0 radical (unpaired) electrons. The fraction of sp³-hybridized carbons (Fsp3) is 0.407. The summed E-state index contributed by atoms with van der Waals surface area (Å²) in [6, 6.07) is 13.3. The van der Waals surface area contributed by atoms with E-state index in [0.717, 1.165) is 33.8 Å². The van der Waals surface area contributed by atoms with E-state index in [9.17, 15) is 9.59 Å². The van der Waals surface area contributed by atoms with Gasteiger partial charge in [-0.15, -0.1) is 0 Å². The number of carbonyl (C=O) groups excluding carboxylic acids is 2. The molecule has 2 aromatic carbocycles. The number of hydrogen-bond acceptors (Lipinski definition) is 5. The highest BCUT2D eigenvalue weighted by Crippen LogP contribution is 2.36. The number of amides is 2. The van der Waals surface area contributed by atoms with Crippen molar-refractivity contribution in [3.8, 4) is 11.5 Å². The van der Waals surface area contributed by atoms with Gasteiger partial charge in [0, 0.05) is 34.6 Å². The largest absolute Gasteiger partial charge is 0.497 e. The van der Waals surface area contributed by atoms with E-state index in [1.54, 1.807) is 19.1 Å². The number of benzene rings is 2. The summed E-state index contributed by atoms with van der Waals surface area (Å²) < 4.78 is 19.5.